The standard InChI is InChI=1S/C15H10N2OS/c1-18-15-13-12(9-5-2-3-7-11(9)19-13)10-6-4-8-16-14(10)17-15/h2-8H,1H3. The molecule has 0 spiro atoms. The Balaban J connectivity index is 2.36. The minimum atomic E-state index is 0.655. The molecule has 0 aliphatic rings. The van der Waals surface area contributed by atoms with E-state index in [1.807, 2.05) is 6.07 Å². The van der Waals surface area contributed by atoms with Gasteiger partial charge in [-0.15, -0.1) is 11.3 Å². The number of rotatable bonds is 1. The molecule has 3 nitrogen and oxygen atoms in total. The van der Waals surface area contributed by atoms with Crippen LogP contribution in [0, 0.1) is 0 Å². The molecule has 0 atom stereocenters. The van der Waals surface area contributed by atoms with Crippen molar-refractivity contribution in [3.05, 3.63) is 42.6 Å². The first-order valence-electron chi connectivity index (χ1n) is 5.98. The third kappa shape index (κ3) is 1.43. The van der Waals surface area contributed by atoms with E-state index in [0.29, 0.717) is 5.88 Å². The molecule has 0 amide bonds. The minimum Gasteiger partial charge on any atom is -0.480 e. The first kappa shape index (κ1) is 10.7. The number of nitrogens with zero attached hydrogens (tertiary/aromatic N) is 2. The molecule has 92 valence electrons. The number of hydrogen-bond acceptors (Lipinski definition) is 4. The zero-order valence-electron chi connectivity index (χ0n) is 10.3. The van der Waals surface area contributed by atoms with Crippen LogP contribution in [-0.2, 0) is 0 Å². The van der Waals surface area contributed by atoms with Crippen LogP contribution in [0.4, 0.5) is 0 Å². The van der Waals surface area contributed by atoms with Gasteiger partial charge in [-0.3, -0.25) is 0 Å². The molecule has 4 heteroatoms. The van der Waals surface area contributed by atoms with E-state index < -0.39 is 0 Å². The molecule has 0 saturated carbocycles. The lowest BCUT2D eigenvalue weighted by Gasteiger charge is -2.03. The molecule has 1 aromatic carbocycles. The van der Waals surface area contributed by atoms with E-state index >= 15 is 0 Å². The molecule has 3 heterocycles. The van der Waals surface area contributed by atoms with Crippen LogP contribution in [0.5, 0.6) is 5.88 Å². The van der Waals surface area contributed by atoms with Crippen LogP contribution in [0.2, 0.25) is 0 Å². The lowest BCUT2D eigenvalue weighted by Crippen LogP contribution is -1.90. The summed E-state index contributed by atoms with van der Waals surface area (Å²) in [7, 11) is 1.65. The average molecular weight is 266 g/mol. The number of fused-ring (bicyclic) bond motifs is 5. The van der Waals surface area contributed by atoms with Gasteiger partial charge in [-0.25, -0.2) is 4.98 Å². The Hall–Kier alpha value is -2.20. The molecule has 19 heavy (non-hydrogen) atoms. The largest absolute Gasteiger partial charge is 0.480 e. The molecule has 4 rings (SSSR count). The molecular formula is C15H10N2OS. The van der Waals surface area contributed by atoms with Gasteiger partial charge in [-0.2, -0.15) is 4.98 Å². The highest BCUT2D eigenvalue weighted by molar-refractivity contribution is 7.26. The summed E-state index contributed by atoms with van der Waals surface area (Å²) in [6.07, 6.45) is 1.76. The molecule has 0 saturated heterocycles. The van der Waals surface area contributed by atoms with E-state index in [9.17, 15) is 0 Å². The lowest BCUT2D eigenvalue weighted by atomic mass is 10.1. The average Bonchev–Trinajstić information content (AvgIpc) is 2.86. The Kier molecular flexibility index (Phi) is 2.19. The monoisotopic (exact) mass is 266 g/mol. The highest BCUT2D eigenvalue weighted by atomic mass is 32.1. The van der Waals surface area contributed by atoms with E-state index in [-0.39, 0.29) is 0 Å². The Morgan fingerprint density at radius 2 is 1.89 bits per heavy atom. The molecule has 4 aromatic rings. The fraction of sp³-hybridized carbons (Fsp3) is 0.0667. The third-order valence-electron chi connectivity index (χ3n) is 3.25. The summed E-state index contributed by atoms with van der Waals surface area (Å²) in [6, 6.07) is 12.4. The second-order valence-electron chi connectivity index (χ2n) is 4.30. The van der Waals surface area contributed by atoms with Gasteiger partial charge in [0.15, 0.2) is 5.65 Å². The van der Waals surface area contributed by atoms with Gasteiger partial charge in [-0.1, -0.05) is 18.2 Å². The van der Waals surface area contributed by atoms with Crippen molar-refractivity contribution in [2.24, 2.45) is 0 Å². The maximum Gasteiger partial charge on any atom is 0.233 e. The normalized spacial score (nSPS) is 11.4. The third-order valence-corrected chi connectivity index (χ3v) is 4.41. The Bertz CT molecular complexity index is 914. The van der Waals surface area contributed by atoms with Crippen LogP contribution in [0.25, 0.3) is 31.2 Å². The van der Waals surface area contributed by atoms with Gasteiger partial charge in [0, 0.05) is 27.1 Å². The van der Waals surface area contributed by atoms with Gasteiger partial charge in [0.2, 0.25) is 5.88 Å². The van der Waals surface area contributed by atoms with E-state index in [2.05, 4.69) is 40.3 Å². The lowest BCUT2D eigenvalue weighted by molar-refractivity contribution is 0.405. The molecule has 0 N–H and O–H groups in total. The summed E-state index contributed by atoms with van der Waals surface area (Å²) >= 11 is 1.71. The highest BCUT2D eigenvalue weighted by Gasteiger charge is 2.14. The van der Waals surface area contributed by atoms with Crippen molar-refractivity contribution in [1.29, 1.82) is 0 Å². The van der Waals surface area contributed by atoms with Gasteiger partial charge in [0.25, 0.3) is 0 Å². The summed E-state index contributed by atoms with van der Waals surface area (Å²) in [5.74, 6) is 0.655. The van der Waals surface area contributed by atoms with E-state index in [1.54, 1.807) is 24.6 Å². The number of aromatic nitrogens is 2. The van der Waals surface area contributed by atoms with Crippen molar-refractivity contribution in [2.75, 3.05) is 7.11 Å². The second kappa shape index (κ2) is 3.90. The van der Waals surface area contributed by atoms with Crippen LogP contribution in [-0.4, -0.2) is 17.1 Å². The molecule has 0 radical (unpaired) electrons. The van der Waals surface area contributed by atoms with Gasteiger partial charge in [0.05, 0.1) is 11.8 Å². The zero-order valence-corrected chi connectivity index (χ0v) is 11.1. The number of hydrogen-bond donors (Lipinski definition) is 0. The van der Waals surface area contributed by atoms with Crippen molar-refractivity contribution in [3.8, 4) is 5.88 Å². The highest BCUT2D eigenvalue weighted by Crippen LogP contribution is 2.41. The van der Waals surface area contributed by atoms with E-state index in [0.717, 1.165) is 15.7 Å². The van der Waals surface area contributed by atoms with Crippen molar-refractivity contribution in [3.63, 3.8) is 0 Å². The first-order chi connectivity index (χ1) is 9.38. The molecule has 0 bridgehead atoms. The van der Waals surface area contributed by atoms with Gasteiger partial charge < -0.3 is 4.74 Å². The summed E-state index contributed by atoms with van der Waals surface area (Å²) in [5.41, 5.74) is 0.732. The number of thiophene rings is 1. The maximum atomic E-state index is 5.42. The Morgan fingerprint density at radius 1 is 1.05 bits per heavy atom. The number of methoxy groups -OCH3 is 1. The van der Waals surface area contributed by atoms with Crippen LogP contribution in [0.1, 0.15) is 0 Å². The molecule has 3 aromatic heterocycles. The predicted octanol–water partition coefficient (Wildman–Crippen LogP) is 4.01. The SMILES string of the molecule is COc1nc2ncccc2c2c1sc1ccccc12. The molecular weight excluding hydrogens is 256 g/mol. The molecule has 0 aliphatic heterocycles. The van der Waals surface area contributed by atoms with Crippen molar-refractivity contribution >= 4 is 42.5 Å². The first-order valence-corrected chi connectivity index (χ1v) is 6.80. The summed E-state index contributed by atoms with van der Waals surface area (Å²) in [6.45, 7) is 0. The molecule has 0 unspecified atom stereocenters. The van der Waals surface area contributed by atoms with Gasteiger partial charge in [-0.05, 0) is 18.2 Å². The van der Waals surface area contributed by atoms with Crippen molar-refractivity contribution in [1.82, 2.24) is 9.97 Å². The molecule has 0 aliphatic carbocycles. The van der Waals surface area contributed by atoms with Crippen LogP contribution in [0.15, 0.2) is 42.6 Å². The van der Waals surface area contributed by atoms with E-state index in [4.69, 9.17) is 4.74 Å². The number of benzene rings is 1. The van der Waals surface area contributed by atoms with Crippen molar-refractivity contribution < 1.29 is 4.74 Å². The summed E-state index contributed by atoms with van der Waals surface area (Å²) in [4.78, 5) is 8.83. The summed E-state index contributed by atoms with van der Waals surface area (Å²) in [5, 5.41) is 3.51. The predicted molar refractivity (Wildman–Crippen MR) is 79.0 cm³/mol. The maximum absolute atomic E-state index is 5.42. The van der Waals surface area contributed by atoms with Gasteiger partial charge in [0.1, 0.15) is 0 Å². The smallest absolute Gasteiger partial charge is 0.233 e. The molecule has 0 fully saturated rings. The summed E-state index contributed by atoms with van der Waals surface area (Å²) < 4.78 is 7.76. The Labute approximate surface area is 113 Å². The topological polar surface area (TPSA) is 35.0 Å². The van der Waals surface area contributed by atoms with Crippen molar-refractivity contribution in [2.45, 2.75) is 0 Å². The minimum absolute atomic E-state index is 0.655. The van der Waals surface area contributed by atoms with Crippen LogP contribution < -0.4 is 4.74 Å². The quantitative estimate of drug-likeness (QED) is 0.522. The van der Waals surface area contributed by atoms with Gasteiger partial charge >= 0.3 is 0 Å². The number of ether oxygens (including phenoxy) is 1. The fourth-order valence-corrected chi connectivity index (χ4v) is 3.61. The zero-order chi connectivity index (χ0) is 12.8. The second-order valence-corrected chi connectivity index (χ2v) is 5.35. The number of pyridine rings is 2. The fourth-order valence-electron chi connectivity index (χ4n) is 2.43. The van der Waals surface area contributed by atoms with Crippen LogP contribution in [0.3, 0.4) is 0 Å². The Morgan fingerprint density at radius 3 is 2.79 bits per heavy atom. The van der Waals surface area contributed by atoms with Crippen LogP contribution >= 0.6 is 11.3 Å². The van der Waals surface area contributed by atoms with E-state index in [1.165, 1.54) is 15.5 Å².